The number of hydrogen-bond acceptors (Lipinski definition) is 5. The molecule has 11 heteroatoms. The van der Waals surface area contributed by atoms with Gasteiger partial charge in [-0.3, -0.25) is 0 Å². The SMILES string of the molecule is C[Si](C)OC(C)(CON=Cc1cc(C(=O)O)c(Nc2ccc(C#C[Si](C)(C)C)cc2F)c(F)c1F)CC(C)(C)C. The summed E-state index contributed by atoms with van der Waals surface area (Å²) in [6.07, 6.45) is 1.57. The highest BCUT2D eigenvalue weighted by molar-refractivity contribution is 6.83. The molecule has 0 bridgehead atoms. The molecule has 0 amide bonds. The Kier molecular flexibility index (Phi) is 10.8. The van der Waals surface area contributed by atoms with Gasteiger partial charge in [0, 0.05) is 11.1 Å². The molecule has 2 N–H and O–H groups in total. The molecule has 2 aromatic carbocycles. The largest absolute Gasteiger partial charge is 0.478 e. The van der Waals surface area contributed by atoms with E-state index in [0.29, 0.717) is 12.0 Å². The van der Waals surface area contributed by atoms with E-state index in [-0.39, 0.29) is 17.7 Å². The summed E-state index contributed by atoms with van der Waals surface area (Å²) in [6, 6.07) is 4.88. The molecule has 0 heterocycles. The van der Waals surface area contributed by atoms with Crippen molar-refractivity contribution in [3.05, 3.63) is 58.4 Å². The second-order valence-corrected chi connectivity index (χ2v) is 19.1. The van der Waals surface area contributed by atoms with Gasteiger partial charge >= 0.3 is 5.97 Å². The molecule has 0 aliphatic rings. The second-order valence-electron chi connectivity index (χ2n) is 12.3. The van der Waals surface area contributed by atoms with E-state index in [2.05, 4.69) is 42.7 Å². The van der Waals surface area contributed by atoms with Crippen molar-refractivity contribution in [2.24, 2.45) is 10.6 Å². The van der Waals surface area contributed by atoms with Gasteiger partial charge in [0.2, 0.25) is 9.04 Å². The second kappa shape index (κ2) is 13.1. The lowest BCUT2D eigenvalue weighted by atomic mass is 9.83. The van der Waals surface area contributed by atoms with Crippen LogP contribution in [0.2, 0.25) is 32.7 Å². The molecule has 0 aliphatic carbocycles. The van der Waals surface area contributed by atoms with E-state index in [1.807, 2.05) is 39.7 Å². The number of carboxylic acid groups (broad SMARTS) is 1. The normalized spacial score (nSPS) is 13.6. The van der Waals surface area contributed by atoms with Gasteiger partial charge in [0.1, 0.15) is 20.5 Å². The van der Waals surface area contributed by atoms with E-state index < -0.39 is 63.0 Å². The molecule has 2 aromatic rings. The first kappa shape index (κ1) is 33.1. The smallest absolute Gasteiger partial charge is 0.337 e. The van der Waals surface area contributed by atoms with Crippen molar-refractivity contribution in [1.82, 2.24) is 0 Å². The molecule has 1 radical (unpaired) electrons. The number of nitrogens with one attached hydrogen (secondary N) is 1. The standard InChI is InChI=1S/C29H38F3N2O4Si2/c1-28(2,3)17-29(4,38-39(5)6)18-37-33-16-20-15-21(27(35)36)26(25(32)24(20)31)34-23-11-10-19(14-22(23)30)12-13-40(7,8)9/h10-11,14-16,34H,17-18H2,1-9H3,(H,35,36). The summed E-state index contributed by atoms with van der Waals surface area (Å²) < 4.78 is 50.9. The van der Waals surface area contributed by atoms with E-state index in [9.17, 15) is 18.7 Å². The molecule has 217 valence electrons. The van der Waals surface area contributed by atoms with E-state index >= 15 is 4.39 Å². The molecule has 0 fully saturated rings. The zero-order valence-corrected chi connectivity index (χ0v) is 26.6. The highest BCUT2D eigenvalue weighted by Crippen LogP contribution is 2.32. The van der Waals surface area contributed by atoms with Crippen LogP contribution < -0.4 is 5.32 Å². The van der Waals surface area contributed by atoms with E-state index in [4.69, 9.17) is 9.26 Å². The lowest BCUT2D eigenvalue weighted by Gasteiger charge is -2.36. The van der Waals surface area contributed by atoms with Gasteiger partial charge in [-0.05, 0) is 56.1 Å². The number of nitrogens with zero attached hydrogens (tertiary/aromatic N) is 1. The molecule has 1 unspecified atom stereocenters. The molecule has 0 saturated carbocycles. The average molecular weight is 592 g/mol. The van der Waals surface area contributed by atoms with Crippen LogP contribution in [-0.2, 0) is 9.26 Å². The van der Waals surface area contributed by atoms with Crippen molar-refractivity contribution in [3.8, 4) is 11.5 Å². The third-order valence-electron chi connectivity index (χ3n) is 5.27. The lowest BCUT2D eigenvalue weighted by molar-refractivity contribution is -0.0380. The Morgan fingerprint density at radius 3 is 2.30 bits per heavy atom. The van der Waals surface area contributed by atoms with Gasteiger partial charge in [-0.15, -0.1) is 5.54 Å². The summed E-state index contributed by atoms with van der Waals surface area (Å²) in [7, 11) is -2.76. The highest BCUT2D eigenvalue weighted by atomic mass is 28.3. The summed E-state index contributed by atoms with van der Waals surface area (Å²) in [5.74, 6) is -2.27. The Morgan fingerprint density at radius 1 is 1.12 bits per heavy atom. The molecular formula is C29H38F3N2O4Si2. The summed E-state index contributed by atoms with van der Waals surface area (Å²) in [5, 5.41) is 15.8. The molecular weight excluding hydrogens is 553 g/mol. The Hall–Kier alpha value is -3.08. The van der Waals surface area contributed by atoms with Crippen molar-refractivity contribution in [3.63, 3.8) is 0 Å². The fourth-order valence-corrected chi connectivity index (χ4v) is 5.75. The monoisotopic (exact) mass is 591 g/mol. The van der Waals surface area contributed by atoms with Crippen molar-refractivity contribution in [2.45, 2.75) is 72.5 Å². The number of carboxylic acids is 1. The molecule has 40 heavy (non-hydrogen) atoms. The maximum atomic E-state index is 15.1. The number of rotatable bonds is 10. The zero-order valence-electron chi connectivity index (χ0n) is 24.6. The number of halogens is 3. The topological polar surface area (TPSA) is 80.2 Å². The molecule has 2 rings (SSSR count). The van der Waals surface area contributed by atoms with E-state index in [1.54, 1.807) is 0 Å². The van der Waals surface area contributed by atoms with Gasteiger partial charge in [-0.25, -0.2) is 18.0 Å². The summed E-state index contributed by atoms with van der Waals surface area (Å²) in [4.78, 5) is 17.3. The van der Waals surface area contributed by atoms with Crippen LogP contribution in [0.15, 0.2) is 29.4 Å². The molecule has 6 nitrogen and oxygen atoms in total. The van der Waals surface area contributed by atoms with Gasteiger partial charge in [-0.1, -0.05) is 51.5 Å². The molecule has 0 aromatic heterocycles. The van der Waals surface area contributed by atoms with Crippen LogP contribution in [-0.4, -0.2) is 46.6 Å². The maximum absolute atomic E-state index is 15.1. The van der Waals surface area contributed by atoms with Gasteiger partial charge in [-0.2, -0.15) is 0 Å². The summed E-state index contributed by atoms with van der Waals surface area (Å²) in [6.45, 7) is 18.3. The molecule has 1 atom stereocenters. The quantitative estimate of drug-likeness (QED) is 0.129. The number of anilines is 2. The maximum Gasteiger partial charge on any atom is 0.337 e. The predicted octanol–water partition coefficient (Wildman–Crippen LogP) is 7.59. The Labute approximate surface area is 237 Å². The Balaban J connectivity index is 2.33. The van der Waals surface area contributed by atoms with Crippen LogP contribution in [0.3, 0.4) is 0 Å². The third kappa shape index (κ3) is 10.2. The van der Waals surface area contributed by atoms with Crippen LogP contribution in [0.4, 0.5) is 24.5 Å². The summed E-state index contributed by atoms with van der Waals surface area (Å²) in [5.41, 5.74) is 0.834. The lowest BCUT2D eigenvalue weighted by Crippen LogP contribution is -2.41. The number of carbonyl (C=O) groups is 1. The Bertz CT molecular complexity index is 1330. The fourth-order valence-electron chi connectivity index (χ4n) is 4.12. The molecule has 0 spiro atoms. The van der Waals surface area contributed by atoms with E-state index in [0.717, 1.165) is 18.3 Å². The van der Waals surface area contributed by atoms with E-state index in [1.165, 1.54) is 12.1 Å². The van der Waals surface area contributed by atoms with Crippen LogP contribution in [0.5, 0.6) is 0 Å². The minimum atomic E-state index is -1.69. The minimum Gasteiger partial charge on any atom is -0.478 e. The Morgan fingerprint density at radius 2 is 1.77 bits per heavy atom. The zero-order chi connectivity index (χ0) is 30.5. The minimum absolute atomic E-state index is 0.0593. The summed E-state index contributed by atoms with van der Waals surface area (Å²) >= 11 is 0. The van der Waals surface area contributed by atoms with Gasteiger partial charge in [0.25, 0.3) is 0 Å². The van der Waals surface area contributed by atoms with Gasteiger partial charge in [0.15, 0.2) is 11.6 Å². The number of hydrogen-bond donors (Lipinski definition) is 2. The first-order chi connectivity index (χ1) is 18.3. The third-order valence-corrected chi connectivity index (χ3v) is 7.04. The van der Waals surface area contributed by atoms with Crippen molar-refractivity contribution >= 4 is 40.7 Å². The number of benzene rings is 2. The predicted molar refractivity (Wildman–Crippen MR) is 158 cm³/mol. The van der Waals surface area contributed by atoms with Crippen molar-refractivity contribution in [1.29, 1.82) is 0 Å². The van der Waals surface area contributed by atoms with Gasteiger partial charge < -0.3 is 19.7 Å². The van der Waals surface area contributed by atoms with Gasteiger partial charge in [0.05, 0.1) is 28.8 Å². The van der Waals surface area contributed by atoms with Crippen LogP contribution in [0.1, 0.15) is 55.6 Å². The van der Waals surface area contributed by atoms with Crippen molar-refractivity contribution in [2.75, 3.05) is 11.9 Å². The van der Waals surface area contributed by atoms with Crippen LogP contribution in [0, 0.1) is 34.3 Å². The van der Waals surface area contributed by atoms with Crippen LogP contribution in [0.25, 0.3) is 0 Å². The number of aromatic carboxylic acids is 1. The first-order valence-electron chi connectivity index (χ1n) is 12.8. The molecule has 0 saturated heterocycles. The fraction of sp³-hybridized carbons (Fsp3) is 0.448. The number of oxime groups is 1. The average Bonchev–Trinajstić information content (AvgIpc) is 2.78. The van der Waals surface area contributed by atoms with Crippen LogP contribution >= 0.6 is 0 Å². The van der Waals surface area contributed by atoms with Crippen molar-refractivity contribution < 1.29 is 32.3 Å². The highest BCUT2D eigenvalue weighted by Gasteiger charge is 2.33. The first-order valence-corrected chi connectivity index (χ1v) is 18.7. The molecule has 0 aliphatic heterocycles.